The van der Waals surface area contributed by atoms with Gasteiger partial charge in [-0.1, -0.05) is 15.9 Å². The first-order valence-corrected chi connectivity index (χ1v) is 8.74. The first-order valence-electron chi connectivity index (χ1n) is 7.95. The van der Waals surface area contributed by atoms with Crippen molar-refractivity contribution in [3.63, 3.8) is 0 Å². The number of imide groups is 2. The first-order chi connectivity index (χ1) is 13.7. The smallest absolute Gasteiger partial charge is 0.335 e. The van der Waals surface area contributed by atoms with Crippen molar-refractivity contribution in [2.45, 2.75) is 0 Å². The number of carbonyl (C=O) groups excluding carboxylic acids is 3. The second-order valence-corrected chi connectivity index (χ2v) is 6.69. The molecule has 0 spiro atoms. The summed E-state index contributed by atoms with van der Waals surface area (Å²) >= 11 is 3.24. The molecule has 1 fully saturated rings. The van der Waals surface area contributed by atoms with Crippen molar-refractivity contribution in [1.82, 2.24) is 5.32 Å². The van der Waals surface area contributed by atoms with Crippen LogP contribution in [-0.4, -0.2) is 35.0 Å². The summed E-state index contributed by atoms with van der Waals surface area (Å²) in [7, 11) is 1.20. The molecule has 0 unspecified atom stereocenters. The number of nitrogens with one attached hydrogen (secondary N) is 1. The van der Waals surface area contributed by atoms with E-state index < -0.39 is 39.8 Å². The highest BCUT2D eigenvalue weighted by Gasteiger charge is 2.37. The number of anilines is 1. The molecule has 0 aromatic heterocycles. The normalized spacial score (nSPS) is 15.4. The minimum atomic E-state index is -1.00. The maximum Gasteiger partial charge on any atom is 0.335 e. The molecular formula is C18H12BrN3O7. The number of nitro groups is 1. The van der Waals surface area contributed by atoms with Crippen molar-refractivity contribution in [3.05, 3.63) is 62.1 Å². The van der Waals surface area contributed by atoms with E-state index in [2.05, 4.69) is 15.9 Å². The minimum Gasteiger partial charge on any atom is -0.504 e. The number of aromatic hydroxyl groups is 1. The van der Waals surface area contributed by atoms with Gasteiger partial charge in [-0.25, -0.2) is 9.69 Å². The second-order valence-electron chi connectivity index (χ2n) is 5.78. The zero-order valence-corrected chi connectivity index (χ0v) is 16.3. The predicted octanol–water partition coefficient (Wildman–Crippen LogP) is 2.74. The SMILES string of the molecule is COc1cc([N+](=O)[O-])cc(C=C2C(=O)NC(=O)N(c3ccc(Br)cc3)C2=O)c1O. The molecule has 1 aliphatic rings. The van der Waals surface area contributed by atoms with E-state index in [-0.39, 0.29) is 17.0 Å². The van der Waals surface area contributed by atoms with Gasteiger partial charge in [0.05, 0.1) is 23.8 Å². The first kappa shape index (κ1) is 20.0. The Kier molecular flexibility index (Phi) is 5.33. The predicted molar refractivity (Wildman–Crippen MR) is 104 cm³/mol. The fourth-order valence-electron chi connectivity index (χ4n) is 2.62. The Morgan fingerprint density at radius 2 is 1.86 bits per heavy atom. The minimum absolute atomic E-state index is 0.195. The number of nitrogens with zero attached hydrogens (tertiary/aromatic N) is 2. The van der Waals surface area contributed by atoms with Crippen LogP contribution in [0.2, 0.25) is 0 Å². The molecular weight excluding hydrogens is 450 g/mol. The maximum absolute atomic E-state index is 12.8. The fraction of sp³-hybridized carbons (Fsp3) is 0.0556. The van der Waals surface area contributed by atoms with Gasteiger partial charge in [0.1, 0.15) is 5.57 Å². The number of rotatable bonds is 4. The molecule has 0 saturated carbocycles. The van der Waals surface area contributed by atoms with Crippen molar-refractivity contribution < 1.29 is 29.2 Å². The molecule has 1 aliphatic heterocycles. The van der Waals surface area contributed by atoms with Crippen molar-refractivity contribution in [2.24, 2.45) is 0 Å². The van der Waals surface area contributed by atoms with Crippen LogP contribution in [0.3, 0.4) is 0 Å². The lowest BCUT2D eigenvalue weighted by Gasteiger charge is -2.26. The van der Waals surface area contributed by atoms with Crippen LogP contribution in [0.5, 0.6) is 11.5 Å². The summed E-state index contributed by atoms with van der Waals surface area (Å²) in [4.78, 5) is 48.4. The zero-order valence-electron chi connectivity index (χ0n) is 14.7. The van der Waals surface area contributed by atoms with Gasteiger partial charge in [-0.05, 0) is 30.3 Å². The van der Waals surface area contributed by atoms with Gasteiger partial charge in [-0.3, -0.25) is 25.0 Å². The van der Waals surface area contributed by atoms with Crippen molar-refractivity contribution >= 4 is 51.2 Å². The molecule has 148 valence electrons. The number of ether oxygens (including phenoxy) is 1. The number of amides is 4. The Morgan fingerprint density at radius 1 is 1.21 bits per heavy atom. The number of benzene rings is 2. The molecule has 11 heteroatoms. The number of phenolic OH excluding ortho intramolecular Hbond substituents is 1. The Labute approximate surface area is 171 Å². The van der Waals surface area contributed by atoms with Crippen LogP contribution in [0.4, 0.5) is 16.2 Å². The number of phenols is 1. The molecule has 2 aromatic carbocycles. The standard InChI is InChI=1S/C18H12BrN3O7/c1-29-14-8-12(22(27)28)6-9(15(14)23)7-13-16(24)20-18(26)21(17(13)25)11-4-2-10(19)3-5-11/h2-8,23H,1H3,(H,20,24,26). The maximum atomic E-state index is 12.8. The van der Waals surface area contributed by atoms with E-state index in [1.807, 2.05) is 5.32 Å². The second kappa shape index (κ2) is 7.72. The number of hydrogen-bond acceptors (Lipinski definition) is 7. The van der Waals surface area contributed by atoms with Gasteiger partial charge < -0.3 is 9.84 Å². The molecule has 29 heavy (non-hydrogen) atoms. The van der Waals surface area contributed by atoms with Gasteiger partial charge in [0.2, 0.25) is 0 Å². The average molecular weight is 462 g/mol. The number of nitro benzene ring substituents is 1. The molecule has 0 atom stereocenters. The summed E-state index contributed by atoms with van der Waals surface area (Å²) in [6, 6.07) is 7.22. The third-order valence-corrected chi connectivity index (χ3v) is 4.53. The Morgan fingerprint density at radius 3 is 2.45 bits per heavy atom. The summed E-state index contributed by atoms with van der Waals surface area (Å²) in [5.74, 6) is -2.67. The van der Waals surface area contributed by atoms with E-state index >= 15 is 0 Å². The molecule has 2 N–H and O–H groups in total. The average Bonchev–Trinajstić information content (AvgIpc) is 2.67. The monoisotopic (exact) mass is 461 g/mol. The Bertz CT molecular complexity index is 1080. The lowest BCUT2D eigenvalue weighted by molar-refractivity contribution is -0.385. The number of methoxy groups -OCH3 is 1. The number of non-ortho nitro benzene ring substituents is 1. The van der Waals surface area contributed by atoms with Gasteiger partial charge in [0.15, 0.2) is 11.5 Å². The van der Waals surface area contributed by atoms with E-state index in [4.69, 9.17) is 4.74 Å². The van der Waals surface area contributed by atoms with Gasteiger partial charge >= 0.3 is 6.03 Å². The van der Waals surface area contributed by atoms with Crippen LogP contribution in [0, 0.1) is 10.1 Å². The highest BCUT2D eigenvalue weighted by atomic mass is 79.9. The summed E-state index contributed by atoms with van der Waals surface area (Å²) in [6.07, 6.45) is 0.959. The quantitative estimate of drug-likeness (QED) is 0.308. The highest BCUT2D eigenvalue weighted by Crippen LogP contribution is 2.36. The Balaban J connectivity index is 2.11. The van der Waals surface area contributed by atoms with E-state index in [1.165, 1.54) is 19.2 Å². The van der Waals surface area contributed by atoms with Crippen molar-refractivity contribution in [2.75, 3.05) is 12.0 Å². The summed E-state index contributed by atoms with van der Waals surface area (Å²) in [5.41, 5.74) is -0.907. The molecule has 4 amide bonds. The van der Waals surface area contributed by atoms with Crippen LogP contribution >= 0.6 is 15.9 Å². The van der Waals surface area contributed by atoms with Crippen LogP contribution in [0.1, 0.15) is 5.56 Å². The number of urea groups is 1. The molecule has 1 heterocycles. The molecule has 3 rings (SSSR count). The highest BCUT2D eigenvalue weighted by molar-refractivity contribution is 9.10. The molecule has 0 bridgehead atoms. The summed E-state index contributed by atoms with van der Waals surface area (Å²) in [6.45, 7) is 0. The zero-order chi connectivity index (χ0) is 21.3. The van der Waals surface area contributed by atoms with Crippen LogP contribution in [-0.2, 0) is 9.59 Å². The lowest BCUT2D eigenvalue weighted by atomic mass is 10.0. The van der Waals surface area contributed by atoms with Crippen LogP contribution < -0.4 is 15.0 Å². The van der Waals surface area contributed by atoms with Crippen LogP contribution in [0.15, 0.2) is 46.4 Å². The van der Waals surface area contributed by atoms with E-state index in [0.29, 0.717) is 4.47 Å². The topological polar surface area (TPSA) is 139 Å². The fourth-order valence-corrected chi connectivity index (χ4v) is 2.89. The van der Waals surface area contributed by atoms with Crippen molar-refractivity contribution in [3.8, 4) is 11.5 Å². The van der Waals surface area contributed by atoms with E-state index in [9.17, 15) is 29.6 Å². The van der Waals surface area contributed by atoms with Gasteiger partial charge in [0.25, 0.3) is 17.5 Å². The van der Waals surface area contributed by atoms with Crippen molar-refractivity contribution in [1.29, 1.82) is 0 Å². The number of halogens is 1. The summed E-state index contributed by atoms with van der Waals surface area (Å²) < 4.78 is 5.61. The third-order valence-electron chi connectivity index (χ3n) is 4.01. The van der Waals surface area contributed by atoms with Gasteiger partial charge in [-0.2, -0.15) is 0 Å². The molecule has 0 aliphatic carbocycles. The lowest BCUT2D eigenvalue weighted by Crippen LogP contribution is -2.54. The van der Waals surface area contributed by atoms with Crippen LogP contribution in [0.25, 0.3) is 6.08 Å². The van der Waals surface area contributed by atoms with Gasteiger partial charge in [-0.15, -0.1) is 0 Å². The van der Waals surface area contributed by atoms with E-state index in [1.54, 1.807) is 12.1 Å². The largest absolute Gasteiger partial charge is 0.504 e. The van der Waals surface area contributed by atoms with E-state index in [0.717, 1.165) is 23.1 Å². The molecule has 1 saturated heterocycles. The number of carbonyl (C=O) groups is 3. The van der Waals surface area contributed by atoms with Gasteiger partial charge in [0, 0.05) is 16.1 Å². The molecule has 2 aromatic rings. The molecule has 0 radical (unpaired) electrons. The molecule has 10 nitrogen and oxygen atoms in total. The summed E-state index contributed by atoms with van der Waals surface area (Å²) in [5, 5.41) is 23.4. The Hall–Kier alpha value is -3.73. The number of barbiturate groups is 1. The third kappa shape index (κ3) is 3.80. The number of hydrogen-bond donors (Lipinski definition) is 2.